The van der Waals surface area contributed by atoms with E-state index >= 15 is 0 Å². The van der Waals surface area contributed by atoms with Crippen LogP contribution >= 0.6 is 0 Å². The predicted octanol–water partition coefficient (Wildman–Crippen LogP) is 3.36. The maximum absolute atomic E-state index is 12.2. The second-order valence-electron chi connectivity index (χ2n) is 7.36. The number of carbonyl (C=O) groups is 1. The molecule has 0 aliphatic heterocycles. The Labute approximate surface area is 150 Å². The third kappa shape index (κ3) is 5.36. The highest BCUT2D eigenvalue weighted by atomic mass is 16.5. The summed E-state index contributed by atoms with van der Waals surface area (Å²) in [5.41, 5.74) is 1.02. The molecule has 3 N–H and O–H groups in total. The topological polar surface area (TPSA) is 70.6 Å². The first-order valence-corrected chi connectivity index (χ1v) is 9.64. The van der Waals surface area contributed by atoms with E-state index in [1.807, 2.05) is 24.3 Å². The number of ether oxygens (including phenoxy) is 1. The van der Waals surface area contributed by atoms with Crippen LogP contribution in [0.1, 0.15) is 56.9 Å². The molecule has 138 valence electrons. The van der Waals surface area contributed by atoms with Crippen molar-refractivity contribution in [1.82, 2.24) is 10.6 Å². The number of rotatable bonds is 6. The molecule has 5 heteroatoms. The molecule has 0 spiro atoms. The number of hydrogen-bond donors (Lipinski definition) is 3. The highest BCUT2D eigenvalue weighted by Gasteiger charge is 2.22. The molecule has 2 saturated carbocycles. The van der Waals surface area contributed by atoms with E-state index in [4.69, 9.17) is 4.74 Å². The molecule has 25 heavy (non-hydrogen) atoms. The maximum atomic E-state index is 12.2. The van der Waals surface area contributed by atoms with Gasteiger partial charge in [0.15, 0.2) is 0 Å². The number of nitrogens with one attached hydrogen (secondary N) is 2. The summed E-state index contributed by atoms with van der Waals surface area (Å²) >= 11 is 0. The van der Waals surface area contributed by atoms with Gasteiger partial charge in [0.2, 0.25) is 0 Å². The fraction of sp³-hybridized carbons (Fsp3) is 0.650. The van der Waals surface area contributed by atoms with Crippen LogP contribution in [0.15, 0.2) is 24.3 Å². The van der Waals surface area contributed by atoms with E-state index in [2.05, 4.69) is 10.6 Å². The van der Waals surface area contributed by atoms with Gasteiger partial charge >= 0.3 is 6.03 Å². The molecule has 0 unspecified atom stereocenters. The number of para-hydroxylation sites is 1. The van der Waals surface area contributed by atoms with Gasteiger partial charge in [-0.15, -0.1) is 0 Å². The molecule has 0 heterocycles. The van der Waals surface area contributed by atoms with Crippen LogP contribution in [0.25, 0.3) is 0 Å². The van der Waals surface area contributed by atoms with E-state index in [1.165, 1.54) is 12.8 Å². The summed E-state index contributed by atoms with van der Waals surface area (Å²) in [6.07, 6.45) is 8.91. The zero-order valence-corrected chi connectivity index (χ0v) is 14.9. The third-order valence-electron chi connectivity index (χ3n) is 5.45. The Morgan fingerprint density at radius 2 is 1.80 bits per heavy atom. The van der Waals surface area contributed by atoms with Gasteiger partial charge in [0.1, 0.15) is 5.75 Å². The van der Waals surface area contributed by atoms with E-state index in [0.717, 1.165) is 49.8 Å². The molecule has 2 aliphatic rings. The minimum atomic E-state index is -0.122. The summed E-state index contributed by atoms with van der Waals surface area (Å²) in [4.78, 5) is 12.2. The van der Waals surface area contributed by atoms with Crippen molar-refractivity contribution >= 4 is 6.03 Å². The lowest BCUT2D eigenvalue weighted by atomic mass is 9.87. The van der Waals surface area contributed by atoms with Gasteiger partial charge in [0, 0.05) is 24.8 Å². The first-order valence-electron chi connectivity index (χ1n) is 9.64. The highest BCUT2D eigenvalue weighted by Crippen LogP contribution is 2.27. The Morgan fingerprint density at radius 3 is 2.52 bits per heavy atom. The van der Waals surface area contributed by atoms with Crippen molar-refractivity contribution in [3.05, 3.63) is 29.8 Å². The molecule has 5 nitrogen and oxygen atoms in total. The van der Waals surface area contributed by atoms with Crippen molar-refractivity contribution in [1.29, 1.82) is 0 Å². The van der Waals surface area contributed by atoms with E-state index in [9.17, 15) is 9.90 Å². The van der Waals surface area contributed by atoms with Gasteiger partial charge in [0.25, 0.3) is 0 Å². The van der Waals surface area contributed by atoms with Crippen molar-refractivity contribution in [3.8, 4) is 5.75 Å². The second kappa shape index (κ2) is 9.09. The number of aliphatic hydroxyl groups excluding tert-OH is 1. The van der Waals surface area contributed by atoms with Gasteiger partial charge in [-0.3, -0.25) is 0 Å². The normalized spacial score (nSPS) is 24.0. The lowest BCUT2D eigenvalue weighted by molar-refractivity contribution is 0.174. The molecule has 0 bridgehead atoms. The molecule has 1 aromatic rings. The van der Waals surface area contributed by atoms with Gasteiger partial charge in [-0.1, -0.05) is 18.2 Å². The standard InChI is InChI=1S/C20H30N2O3/c23-14-15-9-11-17(12-10-15)22-20(24)21-13-16-5-1-4-8-19(16)25-18-6-2-3-7-18/h1,4-5,8,15,17-18,23H,2-3,6-7,9-14H2,(H2,21,22,24). The molecule has 2 fully saturated rings. The molecule has 0 atom stereocenters. The minimum absolute atomic E-state index is 0.122. The Morgan fingerprint density at radius 1 is 1.08 bits per heavy atom. The first kappa shape index (κ1) is 18.1. The van der Waals surface area contributed by atoms with Crippen LogP contribution in [0.2, 0.25) is 0 Å². The van der Waals surface area contributed by atoms with Crippen LogP contribution in [-0.4, -0.2) is 29.9 Å². The summed E-state index contributed by atoms with van der Waals surface area (Å²) in [5.74, 6) is 1.29. The van der Waals surface area contributed by atoms with Crippen LogP contribution in [0.5, 0.6) is 5.75 Å². The highest BCUT2D eigenvalue weighted by molar-refractivity contribution is 5.74. The number of amides is 2. The Hall–Kier alpha value is -1.75. The first-order chi connectivity index (χ1) is 12.2. The summed E-state index contributed by atoms with van der Waals surface area (Å²) in [6.45, 7) is 0.734. The molecule has 0 radical (unpaired) electrons. The number of hydrogen-bond acceptors (Lipinski definition) is 3. The Kier molecular flexibility index (Phi) is 6.56. The zero-order valence-electron chi connectivity index (χ0n) is 14.9. The van der Waals surface area contributed by atoms with Gasteiger partial charge in [0.05, 0.1) is 6.10 Å². The summed E-state index contributed by atoms with van der Waals surface area (Å²) in [6, 6.07) is 8.05. The van der Waals surface area contributed by atoms with Crippen molar-refractivity contribution in [2.45, 2.75) is 70.1 Å². The lowest BCUT2D eigenvalue weighted by Crippen LogP contribution is -2.43. The van der Waals surface area contributed by atoms with Crippen molar-refractivity contribution < 1.29 is 14.6 Å². The quantitative estimate of drug-likeness (QED) is 0.740. The number of aliphatic hydroxyl groups is 1. The monoisotopic (exact) mass is 346 g/mol. The van der Waals surface area contributed by atoms with Gasteiger partial charge in [-0.25, -0.2) is 4.79 Å². The fourth-order valence-electron chi connectivity index (χ4n) is 3.85. The van der Waals surface area contributed by atoms with Gasteiger partial charge in [-0.2, -0.15) is 0 Å². The smallest absolute Gasteiger partial charge is 0.315 e. The molecular formula is C20H30N2O3. The predicted molar refractivity (Wildman–Crippen MR) is 97.5 cm³/mol. The molecule has 3 rings (SSSR count). The third-order valence-corrected chi connectivity index (χ3v) is 5.45. The zero-order chi connectivity index (χ0) is 17.5. The molecule has 2 aliphatic carbocycles. The number of benzene rings is 1. The molecule has 0 aromatic heterocycles. The lowest BCUT2D eigenvalue weighted by Gasteiger charge is -2.28. The summed E-state index contributed by atoms with van der Waals surface area (Å²) in [7, 11) is 0. The van der Waals surface area contributed by atoms with E-state index in [-0.39, 0.29) is 18.7 Å². The second-order valence-corrected chi connectivity index (χ2v) is 7.36. The SMILES string of the molecule is O=C(NCc1ccccc1OC1CCCC1)NC1CCC(CO)CC1. The van der Waals surface area contributed by atoms with Crippen molar-refractivity contribution in [2.75, 3.05) is 6.61 Å². The number of carbonyl (C=O) groups excluding carboxylic acids is 1. The van der Waals surface area contributed by atoms with E-state index < -0.39 is 0 Å². The molecule has 1 aromatic carbocycles. The molecular weight excluding hydrogens is 316 g/mol. The van der Waals surface area contributed by atoms with E-state index in [0.29, 0.717) is 18.6 Å². The molecule has 2 amide bonds. The van der Waals surface area contributed by atoms with Crippen molar-refractivity contribution in [2.24, 2.45) is 5.92 Å². The largest absolute Gasteiger partial charge is 0.490 e. The summed E-state index contributed by atoms with van der Waals surface area (Å²) in [5, 5.41) is 15.2. The molecule has 0 saturated heterocycles. The van der Waals surface area contributed by atoms with Crippen LogP contribution in [0.3, 0.4) is 0 Å². The van der Waals surface area contributed by atoms with Crippen LogP contribution in [0, 0.1) is 5.92 Å². The van der Waals surface area contributed by atoms with E-state index in [1.54, 1.807) is 0 Å². The van der Waals surface area contributed by atoms with Gasteiger partial charge < -0.3 is 20.5 Å². The Balaban J connectivity index is 1.45. The van der Waals surface area contributed by atoms with Crippen LogP contribution in [-0.2, 0) is 6.54 Å². The average Bonchev–Trinajstić information content (AvgIpc) is 3.15. The summed E-state index contributed by atoms with van der Waals surface area (Å²) < 4.78 is 6.12. The van der Waals surface area contributed by atoms with Gasteiger partial charge in [-0.05, 0) is 63.4 Å². The minimum Gasteiger partial charge on any atom is -0.490 e. The van der Waals surface area contributed by atoms with Crippen molar-refractivity contribution in [3.63, 3.8) is 0 Å². The maximum Gasteiger partial charge on any atom is 0.315 e. The van der Waals surface area contributed by atoms with Crippen LogP contribution in [0.4, 0.5) is 4.79 Å². The van der Waals surface area contributed by atoms with Crippen LogP contribution < -0.4 is 15.4 Å². The Bertz CT molecular complexity index is 550. The fourth-order valence-corrected chi connectivity index (χ4v) is 3.85. The average molecular weight is 346 g/mol. The number of urea groups is 1.